The Morgan fingerprint density at radius 1 is 1.29 bits per heavy atom. The van der Waals surface area contributed by atoms with Gasteiger partial charge in [0.2, 0.25) is 0 Å². The summed E-state index contributed by atoms with van der Waals surface area (Å²) in [4.78, 5) is 15.0. The van der Waals surface area contributed by atoms with Gasteiger partial charge < -0.3 is 15.3 Å². The summed E-state index contributed by atoms with van der Waals surface area (Å²) in [7, 11) is 0. The first kappa shape index (κ1) is 28.3. The van der Waals surface area contributed by atoms with Gasteiger partial charge in [-0.1, -0.05) is 30.6 Å². The van der Waals surface area contributed by atoms with E-state index < -0.39 is 12.2 Å². The van der Waals surface area contributed by atoms with Crippen molar-refractivity contribution < 1.29 is 15.3 Å². The van der Waals surface area contributed by atoms with Crippen molar-refractivity contribution in [3.8, 4) is 11.8 Å². The normalized spacial score (nSPS) is 26.2. The molecule has 0 aromatic rings. The number of aliphatic imine (C=N–C) groups is 3. The first-order valence-corrected chi connectivity index (χ1v) is 11.7. The summed E-state index contributed by atoms with van der Waals surface area (Å²) in [6, 6.07) is -0.501. The lowest BCUT2D eigenvalue weighted by atomic mass is 9.97. The number of likely N-dealkylation sites (tertiary alicyclic amines) is 1. The molecular weight excluding hydrogens is 442 g/mol. The maximum absolute atomic E-state index is 10.1. The highest BCUT2D eigenvalue weighted by Crippen LogP contribution is 2.18. The Bertz CT molecular complexity index is 1010. The number of allylic oxidation sites excluding steroid dienone is 3. The number of aliphatic hydroxyl groups excluding tert-OH is 3. The molecule has 1 heterocycles. The molecule has 8 nitrogen and oxygen atoms in total. The van der Waals surface area contributed by atoms with E-state index in [1.165, 1.54) is 0 Å². The van der Waals surface area contributed by atoms with E-state index in [0.717, 1.165) is 16.9 Å². The quantitative estimate of drug-likeness (QED) is 0.217. The van der Waals surface area contributed by atoms with Gasteiger partial charge in [-0.3, -0.25) is 15.2 Å². The van der Waals surface area contributed by atoms with Gasteiger partial charge in [0.15, 0.2) is 5.84 Å². The van der Waals surface area contributed by atoms with Crippen LogP contribution in [0.2, 0.25) is 0 Å². The highest BCUT2D eigenvalue weighted by molar-refractivity contribution is 6.04. The second-order valence-corrected chi connectivity index (χ2v) is 8.48. The van der Waals surface area contributed by atoms with E-state index in [0.29, 0.717) is 31.0 Å². The minimum atomic E-state index is -0.854. The summed E-state index contributed by atoms with van der Waals surface area (Å²) in [6.45, 7) is 14.4. The Morgan fingerprint density at radius 2 is 2.06 bits per heavy atom. The maximum atomic E-state index is 10.1. The van der Waals surface area contributed by atoms with Gasteiger partial charge in [0.1, 0.15) is 0 Å². The largest absolute Gasteiger partial charge is 0.395 e. The van der Waals surface area contributed by atoms with Crippen LogP contribution in [0.1, 0.15) is 27.2 Å². The van der Waals surface area contributed by atoms with Crippen molar-refractivity contribution in [1.82, 2.24) is 10.2 Å². The molecule has 0 amide bonds. The van der Waals surface area contributed by atoms with Crippen LogP contribution in [0.25, 0.3) is 0 Å². The van der Waals surface area contributed by atoms with Gasteiger partial charge in [-0.25, -0.2) is 9.98 Å². The van der Waals surface area contributed by atoms with E-state index in [1.807, 2.05) is 56.1 Å². The van der Waals surface area contributed by atoms with Crippen LogP contribution in [-0.4, -0.2) is 89.0 Å². The molecule has 4 atom stereocenters. The monoisotopic (exact) mass is 479 g/mol. The smallest absolute Gasteiger partial charge is 0.158 e. The lowest BCUT2D eigenvalue weighted by molar-refractivity contribution is -0.0660. The van der Waals surface area contributed by atoms with Crippen LogP contribution in [0.4, 0.5) is 0 Å². The number of nitrogens with zero attached hydrogens (tertiary/aromatic N) is 4. The Morgan fingerprint density at radius 3 is 2.71 bits per heavy atom. The summed E-state index contributed by atoms with van der Waals surface area (Å²) >= 11 is 0. The zero-order chi connectivity index (χ0) is 25.8. The number of amidine groups is 1. The molecule has 188 valence electrons. The molecular formula is C27H37N5O3. The molecule has 0 aromatic heterocycles. The van der Waals surface area contributed by atoms with Gasteiger partial charge in [-0.15, -0.1) is 0 Å². The van der Waals surface area contributed by atoms with Crippen molar-refractivity contribution in [3.63, 3.8) is 0 Å². The zero-order valence-corrected chi connectivity index (χ0v) is 20.9. The third kappa shape index (κ3) is 8.98. The highest BCUT2D eigenvalue weighted by atomic mass is 16.3. The fraction of sp³-hybridized carbons (Fsp3) is 0.444. The predicted octanol–water partition coefficient (Wildman–Crippen LogP) is 1.79. The summed E-state index contributed by atoms with van der Waals surface area (Å²) in [5.74, 6) is 6.83. The number of aliphatic hydroxyl groups is 3. The molecule has 0 bridgehead atoms. The summed E-state index contributed by atoms with van der Waals surface area (Å²) in [6.07, 6.45) is 9.78. The minimum absolute atomic E-state index is 0.100. The van der Waals surface area contributed by atoms with Crippen molar-refractivity contribution in [3.05, 3.63) is 60.0 Å². The number of nitrogens with one attached hydrogen (secondary N) is 1. The van der Waals surface area contributed by atoms with Crippen LogP contribution < -0.4 is 5.32 Å². The molecule has 8 heteroatoms. The minimum Gasteiger partial charge on any atom is -0.395 e. The van der Waals surface area contributed by atoms with Crippen LogP contribution in [-0.2, 0) is 0 Å². The maximum Gasteiger partial charge on any atom is 0.158 e. The first-order valence-electron chi connectivity index (χ1n) is 11.7. The number of β-amino-alcohol motifs (C(OH)–C–C–N with tert-alkyl or cyclic N) is 1. The highest BCUT2D eigenvalue weighted by Gasteiger charge is 2.33. The predicted molar refractivity (Wildman–Crippen MR) is 144 cm³/mol. The number of piperidine rings is 1. The van der Waals surface area contributed by atoms with Crippen LogP contribution in [0.3, 0.4) is 0 Å². The van der Waals surface area contributed by atoms with Crippen LogP contribution in [0, 0.1) is 11.8 Å². The van der Waals surface area contributed by atoms with Gasteiger partial charge in [0, 0.05) is 43.1 Å². The molecule has 1 unspecified atom stereocenters. The molecule has 0 spiro atoms. The molecule has 4 N–H and O–H groups in total. The number of hydrogen-bond acceptors (Lipinski definition) is 7. The fourth-order valence-corrected chi connectivity index (χ4v) is 3.81. The van der Waals surface area contributed by atoms with Crippen molar-refractivity contribution >= 4 is 18.3 Å². The average Bonchev–Trinajstić information content (AvgIpc) is 3.01. The summed E-state index contributed by atoms with van der Waals surface area (Å²) in [5.41, 5.74) is 3.08. The van der Waals surface area contributed by atoms with E-state index in [2.05, 4.69) is 45.4 Å². The Labute approximate surface area is 208 Å². The average molecular weight is 480 g/mol. The van der Waals surface area contributed by atoms with Crippen LogP contribution in [0.15, 0.2) is 75.0 Å². The molecule has 0 saturated carbocycles. The molecule has 0 aromatic carbocycles. The van der Waals surface area contributed by atoms with E-state index in [9.17, 15) is 15.3 Å². The third-order valence-electron chi connectivity index (χ3n) is 5.56. The second kappa shape index (κ2) is 14.5. The summed E-state index contributed by atoms with van der Waals surface area (Å²) in [5, 5.41) is 33.1. The van der Waals surface area contributed by atoms with E-state index in [4.69, 9.17) is 0 Å². The van der Waals surface area contributed by atoms with E-state index >= 15 is 0 Å². The third-order valence-corrected chi connectivity index (χ3v) is 5.56. The lowest BCUT2D eigenvalue weighted by Gasteiger charge is -2.39. The van der Waals surface area contributed by atoms with Crippen molar-refractivity contribution in [1.29, 1.82) is 0 Å². The van der Waals surface area contributed by atoms with Gasteiger partial charge in [0.05, 0.1) is 30.6 Å². The van der Waals surface area contributed by atoms with Gasteiger partial charge in [-0.2, -0.15) is 0 Å². The van der Waals surface area contributed by atoms with E-state index in [-0.39, 0.29) is 25.2 Å². The van der Waals surface area contributed by atoms with E-state index in [1.54, 1.807) is 6.20 Å². The molecule has 1 aliphatic carbocycles. The molecule has 2 aliphatic rings. The first-order chi connectivity index (χ1) is 16.8. The van der Waals surface area contributed by atoms with Gasteiger partial charge in [0.25, 0.3) is 0 Å². The van der Waals surface area contributed by atoms with Crippen molar-refractivity contribution in [2.45, 2.75) is 51.5 Å². The second-order valence-electron chi connectivity index (χ2n) is 8.48. The SMILES string of the molecule is C=N/C(=N\C=C/C)C1=CC(NCC(=C)/N=C(\C=C/C)CN2C[C@H](O)[C@@H](O)C[C@H]2CO)C#CC(C)=C1. The lowest BCUT2D eigenvalue weighted by Crippen LogP contribution is -2.54. The van der Waals surface area contributed by atoms with Crippen molar-refractivity contribution in [2.75, 3.05) is 26.2 Å². The number of rotatable bonds is 10. The molecule has 1 saturated heterocycles. The Balaban J connectivity index is 2.11. The molecule has 2 rings (SSSR count). The van der Waals surface area contributed by atoms with Crippen LogP contribution in [0.5, 0.6) is 0 Å². The topological polar surface area (TPSA) is 113 Å². The van der Waals surface area contributed by atoms with Crippen molar-refractivity contribution in [2.24, 2.45) is 15.0 Å². The number of hydrogen-bond donors (Lipinski definition) is 4. The molecule has 1 fully saturated rings. The van der Waals surface area contributed by atoms with Gasteiger partial charge in [-0.05, 0) is 57.7 Å². The Kier molecular flexibility index (Phi) is 11.7. The molecule has 1 aliphatic heterocycles. The fourth-order valence-electron chi connectivity index (χ4n) is 3.81. The van der Waals surface area contributed by atoms with Crippen LogP contribution >= 0.6 is 0 Å². The standard InChI is InChI=1S/C27H37N5O3/c1-6-8-23(16-32-17-26(35)25(34)14-24(32)18-33)31-20(4)15-30-22-10-9-19(3)12-21(13-22)27(28-5)29-11-7-2/h6-8,11-13,22,24-26,30,33-35H,4-5,14-18H2,1-3H3/b8-6-,11-7-,29-27-,31-23+/t22?,24-,25-,26-/m0/s1. The Hall–Kier alpha value is -2.93. The summed E-state index contributed by atoms with van der Waals surface area (Å²) < 4.78 is 0. The molecule has 0 radical (unpaired) electrons. The zero-order valence-electron chi connectivity index (χ0n) is 20.9. The molecule has 35 heavy (non-hydrogen) atoms. The van der Waals surface area contributed by atoms with Gasteiger partial charge >= 0.3 is 0 Å².